The number of fused-ring (bicyclic) bond motifs is 1. The Balaban J connectivity index is 1.28. The number of sulfonamides is 1. The van der Waals surface area contributed by atoms with Gasteiger partial charge in [-0.3, -0.25) is 4.79 Å². The molecule has 4 N–H and O–H groups in total. The maximum Gasteiger partial charge on any atom is 0.331 e. The third-order valence-corrected chi connectivity index (χ3v) is 9.12. The maximum atomic E-state index is 12.6. The second-order valence-electron chi connectivity index (χ2n) is 8.74. The first-order chi connectivity index (χ1) is 20.0. The number of carboxylic acids is 1. The summed E-state index contributed by atoms with van der Waals surface area (Å²) in [6.07, 6.45) is 1.44. The van der Waals surface area contributed by atoms with Crippen LogP contribution in [0.3, 0.4) is 0 Å². The molecule has 14 nitrogen and oxygen atoms in total. The zero-order chi connectivity index (χ0) is 30.3. The minimum absolute atomic E-state index is 0.0160. The van der Waals surface area contributed by atoms with Crippen LogP contribution in [0.1, 0.15) is 11.3 Å². The van der Waals surface area contributed by atoms with E-state index >= 15 is 0 Å². The molecule has 2 heterocycles. The van der Waals surface area contributed by atoms with Crippen molar-refractivity contribution < 1.29 is 41.5 Å². The van der Waals surface area contributed by atoms with E-state index in [-0.39, 0.29) is 35.6 Å². The lowest BCUT2D eigenvalue weighted by Gasteiger charge is -2.18. The third kappa shape index (κ3) is 8.83. The minimum atomic E-state index is -3.92. The van der Waals surface area contributed by atoms with Gasteiger partial charge in [0, 0.05) is 5.56 Å². The van der Waals surface area contributed by atoms with Gasteiger partial charge in [0.25, 0.3) is 10.0 Å². The molecule has 0 saturated heterocycles. The summed E-state index contributed by atoms with van der Waals surface area (Å²) in [7, 11) is -3.92. The topological polar surface area (TPSA) is 212 Å². The molecule has 4 aromatic rings. The number of nitrogens with zero attached hydrogens (tertiary/aromatic N) is 4. The summed E-state index contributed by atoms with van der Waals surface area (Å²) in [4.78, 5) is 28.2. The molecule has 2 aromatic heterocycles. The summed E-state index contributed by atoms with van der Waals surface area (Å²) in [6, 6.07) is 9.93. The first-order valence-electron chi connectivity index (χ1n) is 12.1. The van der Waals surface area contributed by atoms with Crippen molar-refractivity contribution in [2.75, 3.05) is 19.0 Å². The standard InChI is InChI=1S/C24H25FN6O8S3/c25-6-7-38-17-3-1-2-15(8-17)13-41(35)14-20(23(33)34)27-22(32)11-31-10-16(29-30-31)12-39-18-4-5-19-21(9-18)40-24(28-19)42(26,36)37/h1-5,8-10,20H,6-7,11-14H2,(H,27,32)(H,33,34)(H2,26,36,37)/t20-,41?/m1/s1. The minimum Gasteiger partial charge on any atom is -0.616 e. The number of carboxylic acid groups (broad SMARTS) is 1. The van der Waals surface area contributed by atoms with Gasteiger partial charge in [-0.05, 0) is 41.5 Å². The normalized spacial score (nSPS) is 13.0. The Bertz CT molecular complexity index is 1660. The fourth-order valence-electron chi connectivity index (χ4n) is 3.61. The smallest absolute Gasteiger partial charge is 0.331 e. The summed E-state index contributed by atoms with van der Waals surface area (Å²) in [6.45, 7) is -1.14. The number of halogens is 1. The lowest BCUT2D eigenvalue weighted by atomic mass is 10.2. The van der Waals surface area contributed by atoms with Crippen molar-refractivity contribution in [3.8, 4) is 11.5 Å². The van der Waals surface area contributed by atoms with E-state index in [2.05, 4.69) is 20.6 Å². The summed E-state index contributed by atoms with van der Waals surface area (Å²) in [5, 5.41) is 24.8. The molecule has 2 atom stereocenters. The number of thiazole rings is 1. The fraction of sp³-hybridized carbons (Fsp3) is 0.292. The largest absolute Gasteiger partial charge is 0.616 e. The monoisotopic (exact) mass is 640 g/mol. The molecule has 224 valence electrons. The number of aromatic nitrogens is 4. The van der Waals surface area contributed by atoms with E-state index in [1.54, 1.807) is 42.5 Å². The van der Waals surface area contributed by atoms with Crippen LogP contribution in [-0.4, -0.2) is 75.0 Å². The number of nitrogens with two attached hydrogens (primary N) is 1. The second-order valence-corrected chi connectivity index (χ2v) is 13.0. The van der Waals surface area contributed by atoms with Gasteiger partial charge in [-0.1, -0.05) is 17.3 Å². The molecule has 1 amide bonds. The first kappa shape index (κ1) is 31.1. The molecule has 2 aromatic carbocycles. The Kier molecular flexibility index (Phi) is 10.3. The summed E-state index contributed by atoms with van der Waals surface area (Å²) in [5.74, 6) is -1.53. The number of carbonyl (C=O) groups excluding carboxylic acids is 1. The van der Waals surface area contributed by atoms with Gasteiger partial charge in [0.15, 0.2) is 6.04 Å². The van der Waals surface area contributed by atoms with Crippen LogP contribution in [0.15, 0.2) is 53.0 Å². The molecule has 1 unspecified atom stereocenters. The first-order valence-corrected chi connectivity index (χ1v) is 16.0. The molecule has 0 bridgehead atoms. The molecule has 0 fully saturated rings. The van der Waals surface area contributed by atoms with Crippen LogP contribution in [0.2, 0.25) is 0 Å². The number of carbonyl (C=O) groups is 2. The summed E-state index contributed by atoms with van der Waals surface area (Å²) >= 11 is -0.737. The summed E-state index contributed by atoms with van der Waals surface area (Å²) in [5.41, 5.74) is 1.43. The fourth-order valence-corrected chi connectivity index (χ4v) is 6.56. The van der Waals surface area contributed by atoms with E-state index in [0.717, 1.165) is 11.3 Å². The molecule has 0 aliphatic rings. The number of rotatable bonds is 15. The van der Waals surface area contributed by atoms with Gasteiger partial charge in [0.2, 0.25) is 10.2 Å². The van der Waals surface area contributed by atoms with Gasteiger partial charge in [0.1, 0.15) is 55.1 Å². The van der Waals surface area contributed by atoms with Crippen molar-refractivity contribution in [2.24, 2.45) is 5.14 Å². The van der Waals surface area contributed by atoms with Crippen LogP contribution in [0.25, 0.3) is 10.2 Å². The number of hydrogen-bond acceptors (Lipinski definition) is 11. The highest BCUT2D eigenvalue weighted by atomic mass is 32.2. The van der Waals surface area contributed by atoms with Crippen molar-refractivity contribution in [3.63, 3.8) is 0 Å². The molecule has 0 saturated carbocycles. The SMILES string of the molecule is NS(=O)(=O)c1nc2ccc(OCc3cn(CC(=O)N[C@H](C[S+]([O-])Cc4cccc(OCCF)c4)C(=O)O)nn3)cc2s1. The van der Waals surface area contributed by atoms with Crippen LogP contribution in [0.5, 0.6) is 11.5 Å². The lowest BCUT2D eigenvalue weighted by molar-refractivity contribution is -0.141. The Hall–Kier alpha value is -3.84. The lowest BCUT2D eigenvalue weighted by Crippen LogP contribution is -2.46. The average Bonchev–Trinajstić information content (AvgIpc) is 3.57. The number of hydrogen-bond donors (Lipinski definition) is 3. The van der Waals surface area contributed by atoms with Gasteiger partial charge in [-0.2, -0.15) is 0 Å². The molecule has 18 heteroatoms. The van der Waals surface area contributed by atoms with Crippen molar-refractivity contribution in [3.05, 3.63) is 59.9 Å². The Morgan fingerprint density at radius 1 is 1.21 bits per heavy atom. The van der Waals surface area contributed by atoms with E-state index < -0.39 is 45.8 Å². The zero-order valence-corrected chi connectivity index (χ0v) is 24.2. The van der Waals surface area contributed by atoms with Gasteiger partial charge >= 0.3 is 5.97 Å². The van der Waals surface area contributed by atoms with Crippen molar-refractivity contribution in [1.29, 1.82) is 0 Å². The number of primary sulfonamides is 1. The highest BCUT2D eigenvalue weighted by molar-refractivity contribution is 7.91. The Labute approximate surface area is 245 Å². The van der Waals surface area contributed by atoms with Crippen LogP contribution in [-0.2, 0) is 49.7 Å². The number of alkyl halides is 1. The Morgan fingerprint density at radius 2 is 2.00 bits per heavy atom. The zero-order valence-electron chi connectivity index (χ0n) is 21.7. The molecule has 0 aliphatic heterocycles. The van der Waals surface area contributed by atoms with Gasteiger partial charge in [-0.15, -0.1) is 16.4 Å². The predicted octanol–water partition coefficient (Wildman–Crippen LogP) is 0.981. The van der Waals surface area contributed by atoms with E-state index in [1.807, 2.05) is 0 Å². The van der Waals surface area contributed by atoms with Gasteiger partial charge < -0.3 is 24.4 Å². The van der Waals surface area contributed by atoms with Gasteiger partial charge in [-0.25, -0.2) is 32.4 Å². The number of amides is 1. The molecule has 0 spiro atoms. The van der Waals surface area contributed by atoms with E-state index in [4.69, 9.17) is 14.6 Å². The van der Waals surface area contributed by atoms with Crippen molar-refractivity contribution in [1.82, 2.24) is 25.3 Å². The van der Waals surface area contributed by atoms with E-state index in [9.17, 15) is 32.1 Å². The van der Waals surface area contributed by atoms with Crippen LogP contribution >= 0.6 is 11.3 Å². The van der Waals surface area contributed by atoms with Crippen LogP contribution in [0.4, 0.5) is 4.39 Å². The highest BCUT2D eigenvalue weighted by Crippen LogP contribution is 2.28. The molecular formula is C24H25FN6O8S3. The van der Waals surface area contributed by atoms with Crippen LogP contribution in [0, 0.1) is 0 Å². The molecule has 42 heavy (non-hydrogen) atoms. The summed E-state index contributed by atoms with van der Waals surface area (Å²) < 4.78 is 60.4. The number of ether oxygens (including phenoxy) is 2. The number of benzene rings is 2. The third-order valence-electron chi connectivity index (χ3n) is 5.42. The Morgan fingerprint density at radius 3 is 2.74 bits per heavy atom. The van der Waals surface area contributed by atoms with Gasteiger partial charge in [0.05, 0.1) is 16.4 Å². The molecule has 4 rings (SSSR count). The van der Waals surface area contributed by atoms with E-state index in [1.165, 1.54) is 10.9 Å². The molecule has 0 radical (unpaired) electrons. The maximum absolute atomic E-state index is 12.6. The quantitative estimate of drug-likeness (QED) is 0.156. The average molecular weight is 641 g/mol. The van der Waals surface area contributed by atoms with Crippen molar-refractivity contribution >= 4 is 54.6 Å². The molecular weight excluding hydrogens is 615 g/mol. The number of aliphatic carboxylic acids is 1. The predicted molar refractivity (Wildman–Crippen MR) is 150 cm³/mol. The second kappa shape index (κ2) is 13.9. The van der Waals surface area contributed by atoms with Crippen LogP contribution < -0.4 is 19.9 Å². The molecule has 0 aliphatic carbocycles. The van der Waals surface area contributed by atoms with Crippen molar-refractivity contribution in [2.45, 2.75) is 29.3 Å². The highest BCUT2D eigenvalue weighted by Gasteiger charge is 2.26. The number of nitrogens with one attached hydrogen (secondary N) is 1. The van der Waals surface area contributed by atoms with E-state index in [0.29, 0.717) is 33.0 Å².